The Bertz CT molecular complexity index is 875. The molecule has 28 heavy (non-hydrogen) atoms. The maximum absolute atomic E-state index is 6.20. The fourth-order valence-corrected chi connectivity index (χ4v) is 3.82. The van der Waals surface area contributed by atoms with Gasteiger partial charge < -0.3 is 13.9 Å². The Morgan fingerprint density at radius 3 is 2.50 bits per heavy atom. The minimum atomic E-state index is 0.915. The number of benzene rings is 1. The van der Waals surface area contributed by atoms with Gasteiger partial charge in [0.15, 0.2) is 5.76 Å². The second-order valence-electron chi connectivity index (χ2n) is 7.66. The molecule has 4 rings (SSSR count). The lowest BCUT2D eigenvalue weighted by molar-refractivity contribution is 0.150. The fraction of sp³-hybridized carbons (Fsp3) is 0.435. The molecule has 3 aromatic rings. The number of nitrogens with zero attached hydrogens (tertiary/aromatic N) is 4. The van der Waals surface area contributed by atoms with Gasteiger partial charge in [-0.15, -0.1) is 0 Å². The highest BCUT2D eigenvalue weighted by Gasteiger charge is 2.19. The smallest absolute Gasteiger partial charge is 0.152 e. The highest BCUT2D eigenvalue weighted by molar-refractivity contribution is 5.76. The fourth-order valence-electron chi connectivity index (χ4n) is 3.82. The molecule has 1 fully saturated rings. The molecule has 0 aliphatic carbocycles. The van der Waals surface area contributed by atoms with Crippen LogP contribution >= 0.6 is 0 Å². The van der Waals surface area contributed by atoms with Gasteiger partial charge in [-0.25, -0.2) is 4.98 Å². The summed E-state index contributed by atoms with van der Waals surface area (Å²) in [6.07, 6.45) is 4.02. The summed E-state index contributed by atoms with van der Waals surface area (Å²) < 4.78 is 8.46. The van der Waals surface area contributed by atoms with Gasteiger partial charge in [0.25, 0.3) is 0 Å². The van der Waals surface area contributed by atoms with Gasteiger partial charge in [0, 0.05) is 51.3 Å². The van der Waals surface area contributed by atoms with Crippen molar-refractivity contribution in [2.45, 2.75) is 26.3 Å². The van der Waals surface area contributed by atoms with Crippen molar-refractivity contribution in [3.63, 3.8) is 0 Å². The van der Waals surface area contributed by atoms with Crippen molar-refractivity contribution in [2.75, 3.05) is 39.8 Å². The molecule has 0 radical (unpaired) electrons. The molecule has 5 nitrogen and oxygen atoms in total. The summed E-state index contributed by atoms with van der Waals surface area (Å²) in [6.45, 7) is 8.69. The Hall–Kier alpha value is -2.37. The summed E-state index contributed by atoms with van der Waals surface area (Å²) in [5.41, 5.74) is 3.21. The summed E-state index contributed by atoms with van der Waals surface area (Å²) in [4.78, 5) is 9.70. The third-order valence-corrected chi connectivity index (χ3v) is 5.53. The van der Waals surface area contributed by atoms with Crippen molar-refractivity contribution in [3.05, 3.63) is 54.6 Å². The van der Waals surface area contributed by atoms with Crippen LogP contribution in [0, 0.1) is 0 Å². The van der Waals surface area contributed by atoms with Crippen LogP contribution in [0.4, 0.5) is 0 Å². The van der Waals surface area contributed by atoms with Crippen molar-refractivity contribution in [2.24, 2.45) is 0 Å². The number of aryl methyl sites for hydroxylation is 1. The van der Waals surface area contributed by atoms with Gasteiger partial charge in [0.2, 0.25) is 0 Å². The lowest BCUT2D eigenvalue weighted by Crippen LogP contribution is -2.45. The quantitative estimate of drug-likeness (QED) is 0.623. The van der Waals surface area contributed by atoms with E-state index >= 15 is 0 Å². The topological polar surface area (TPSA) is 37.4 Å². The molecule has 148 valence electrons. The lowest BCUT2D eigenvalue weighted by atomic mass is 10.1. The van der Waals surface area contributed by atoms with Gasteiger partial charge in [-0.05, 0) is 25.6 Å². The van der Waals surface area contributed by atoms with Crippen LogP contribution in [0.25, 0.3) is 22.7 Å². The molecule has 0 spiro atoms. The minimum absolute atomic E-state index is 0.915. The third-order valence-electron chi connectivity index (χ3n) is 5.53. The molecule has 1 aromatic carbocycles. The third kappa shape index (κ3) is 4.21. The van der Waals surface area contributed by atoms with E-state index in [0.29, 0.717) is 0 Å². The Kier molecular flexibility index (Phi) is 5.93. The maximum Gasteiger partial charge on any atom is 0.152 e. The first-order valence-corrected chi connectivity index (χ1v) is 10.3. The van der Waals surface area contributed by atoms with E-state index in [1.54, 1.807) is 0 Å². The molecule has 1 aliphatic rings. The van der Waals surface area contributed by atoms with E-state index in [-0.39, 0.29) is 0 Å². The van der Waals surface area contributed by atoms with E-state index in [9.17, 15) is 0 Å². The molecule has 2 aromatic heterocycles. The van der Waals surface area contributed by atoms with E-state index in [1.807, 2.05) is 12.4 Å². The van der Waals surface area contributed by atoms with Crippen molar-refractivity contribution < 1.29 is 4.42 Å². The van der Waals surface area contributed by atoms with Gasteiger partial charge in [-0.3, -0.25) is 4.90 Å². The van der Waals surface area contributed by atoms with Crippen LogP contribution < -0.4 is 0 Å². The maximum atomic E-state index is 6.20. The lowest BCUT2D eigenvalue weighted by Gasteiger charge is -2.32. The molecular formula is C23H30N4O. The molecule has 0 N–H and O–H groups in total. The molecule has 0 unspecified atom stereocenters. The van der Waals surface area contributed by atoms with Crippen LogP contribution in [0.3, 0.4) is 0 Å². The van der Waals surface area contributed by atoms with E-state index in [1.165, 1.54) is 0 Å². The zero-order valence-corrected chi connectivity index (χ0v) is 17.0. The molecule has 1 aliphatic heterocycles. The molecule has 5 heteroatoms. The van der Waals surface area contributed by atoms with E-state index in [4.69, 9.17) is 9.40 Å². The van der Waals surface area contributed by atoms with E-state index in [2.05, 4.69) is 64.7 Å². The number of piperazine rings is 1. The first-order valence-electron chi connectivity index (χ1n) is 10.3. The normalized spacial score (nSPS) is 15.9. The van der Waals surface area contributed by atoms with Crippen molar-refractivity contribution >= 4 is 0 Å². The van der Waals surface area contributed by atoms with Gasteiger partial charge in [-0.1, -0.05) is 37.3 Å². The monoisotopic (exact) mass is 378 g/mol. The average Bonchev–Trinajstić information content (AvgIpc) is 3.35. The summed E-state index contributed by atoms with van der Waals surface area (Å²) in [6, 6.07) is 14.6. The predicted octanol–water partition coefficient (Wildman–Crippen LogP) is 4.01. The van der Waals surface area contributed by atoms with Crippen molar-refractivity contribution in [1.29, 1.82) is 0 Å². The standard InChI is InChI=1S/C23H30N4O/c1-3-7-20-10-11-21(28-20)23-22(19-8-5-4-6-9-19)24-18-27(23)17-16-26-14-12-25(2)13-15-26/h4-6,8-11,18H,3,7,12-17H2,1-2H3. The summed E-state index contributed by atoms with van der Waals surface area (Å²) in [7, 11) is 2.20. The summed E-state index contributed by atoms with van der Waals surface area (Å²) in [5.74, 6) is 1.96. The molecule has 0 saturated carbocycles. The Morgan fingerprint density at radius 2 is 1.75 bits per heavy atom. The van der Waals surface area contributed by atoms with Gasteiger partial charge in [-0.2, -0.15) is 0 Å². The highest BCUT2D eigenvalue weighted by atomic mass is 16.3. The first kappa shape index (κ1) is 19.0. The molecule has 0 amide bonds. The SMILES string of the molecule is CCCc1ccc(-c2c(-c3ccccc3)ncn2CCN2CCN(C)CC2)o1. The number of furan rings is 1. The van der Waals surface area contributed by atoms with Crippen LogP contribution in [-0.4, -0.2) is 59.1 Å². The Morgan fingerprint density at radius 1 is 0.964 bits per heavy atom. The predicted molar refractivity (Wildman–Crippen MR) is 113 cm³/mol. The highest BCUT2D eigenvalue weighted by Crippen LogP contribution is 2.32. The van der Waals surface area contributed by atoms with Gasteiger partial charge in [0.1, 0.15) is 11.5 Å². The number of hydrogen-bond acceptors (Lipinski definition) is 4. The minimum Gasteiger partial charge on any atom is -0.459 e. The van der Waals surface area contributed by atoms with Crippen LogP contribution in [0.5, 0.6) is 0 Å². The molecule has 3 heterocycles. The largest absolute Gasteiger partial charge is 0.459 e. The second kappa shape index (κ2) is 8.76. The molecule has 0 atom stereocenters. The first-order chi connectivity index (χ1) is 13.7. The van der Waals surface area contributed by atoms with Crippen LogP contribution in [-0.2, 0) is 13.0 Å². The molecule has 1 saturated heterocycles. The van der Waals surface area contributed by atoms with Crippen LogP contribution in [0.15, 0.2) is 53.2 Å². The average molecular weight is 379 g/mol. The number of aromatic nitrogens is 2. The Labute approximate surface area is 167 Å². The number of rotatable bonds is 7. The van der Waals surface area contributed by atoms with Gasteiger partial charge >= 0.3 is 0 Å². The second-order valence-corrected chi connectivity index (χ2v) is 7.66. The van der Waals surface area contributed by atoms with Crippen LogP contribution in [0.1, 0.15) is 19.1 Å². The number of likely N-dealkylation sites (N-methyl/N-ethyl adjacent to an activating group) is 1. The van der Waals surface area contributed by atoms with E-state index < -0.39 is 0 Å². The van der Waals surface area contributed by atoms with Crippen LogP contribution in [0.2, 0.25) is 0 Å². The molecule has 0 bridgehead atoms. The number of imidazole rings is 1. The summed E-state index contributed by atoms with van der Waals surface area (Å²) >= 11 is 0. The van der Waals surface area contributed by atoms with Crippen molar-refractivity contribution in [3.8, 4) is 22.7 Å². The zero-order valence-electron chi connectivity index (χ0n) is 17.0. The van der Waals surface area contributed by atoms with Gasteiger partial charge in [0.05, 0.1) is 12.0 Å². The summed E-state index contributed by atoms with van der Waals surface area (Å²) in [5, 5.41) is 0. The Balaban J connectivity index is 1.61. The number of hydrogen-bond donors (Lipinski definition) is 0. The molecular weight excluding hydrogens is 348 g/mol. The zero-order chi connectivity index (χ0) is 19.3. The van der Waals surface area contributed by atoms with E-state index in [0.717, 1.165) is 80.6 Å². The van der Waals surface area contributed by atoms with Crippen molar-refractivity contribution in [1.82, 2.24) is 19.4 Å².